The number of nitriles is 1. The Kier molecular flexibility index (Phi) is 2.62. The maximum absolute atomic E-state index is 13.2. The van der Waals surface area contributed by atoms with Gasteiger partial charge in [-0.15, -0.1) is 0 Å². The van der Waals surface area contributed by atoms with E-state index < -0.39 is 22.0 Å². The van der Waals surface area contributed by atoms with Crippen LogP contribution in [0.1, 0.15) is 5.56 Å². The lowest BCUT2D eigenvalue weighted by Crippen LogP contribution is -1.98. The third-order valence-electron chi connectivity index (χ3n) is 1.61. The highest BCUT2D eigenvalue weighted by Crippen LogP contribution is 2.27. The van der Waals surface area contributed by atoms with Crippen LogP contribution in [0.4, 0.5) is 10.1 Å². The molecule has 14 heavy (non-hydrogen) atoms. The predicted octanol–water partition coefficient (Wildman–Crippen LogP) is 1.61. The number of nitro benzene ring substituents is 1. The molecule has 1 rings (SSSR count). The highest BCUT2D eigenvalue weighted by atomic mass is 19.1. The van der Waals surface area contributed by atoms with Crippen LogP contribution in [0.25, 0.3) is 0 Å². The Morgan fingerprint density at radius 3 is 2.71 bits per heavy atom. The van der Waals surface area contributed by atoms with Crippen LogP contribution in [0, 0.1) is 27.3 Å². The Morgan fingerprint density at radius 2 is 2.29 bits per heavy atom. The van der Waals surface area contributed by atoms with Gasteiger partial charge in [0.2, 0.25) is 0 Å². The van der Waals surface area contributed by atoms with Crippen LogP contribution < -0.4 is 4.74 Å². The van der Waals surface area contributed by atoms with Crippen LogP contribution in [0.2, 0.25) is 0 Å². The van der Waals surface area contributed by atoms with Gasteiger partial charge in [-0.05, 0) is 6.07 Å². The molecule has 0 aromatic heterocycles. The van der Waals surface area contributed by atoms with Crippen molar-refractivity contribution in [3.05, 3.63) is 33.6 Å². The van der Waals surface area contributed by atoms with Crippen molar-refractivity contribution in [1.29, 1.82) is 5.26 Å². The molecular weight excluding hydrogens is 191 g/mol. The van der Waals surface area contributed by atoms with E-state index >= 15 is 0 Å². The van der Waals surface area contributed by atoms with Crippen LogP contribution >= 0.6 is 0 Å². The van der Waals surface area contributed by atoms with Gasteiger partial charge < -0.3 is 4.74 Å². The molecule has 0 aliphatic heterocycles. The number of ether oxygens (including phenoxy) is 1. The van der Waals surface area contributed by atoms with Crippen LogP contribution in [0.15, 0.2) is 12.1 Å². The summed E-state index contributed by atoms with van der Waals surface area (Å²) in [6.07, 6.45) is 0. The Labute approximate surface area is 78.5 Å². The summed E-state index contributed by atoms with van der Waals surface area (Å²) in [4.78, 5) is 9.56. The van der Waals surface area contributed by atoms with E-state index in [4.69, 9.17) is 5.26 Å². The van der Waals surface area contributed by atoms with Gasteiger partial charge in [0.25, 0.3) is 5.69 Å². The Hall–Kier alpha value is -2.16. The molecule has 0 radical (unpaired) electrons. The fourth-order valence-electron chi connectivity index (χ4n) is 0.963. The van der Waals surface area contributed by atoms with Crippen LogP contribution in [0.3, 0.4) is 0 Å². The largest absolute Gasteiger partial charge is 0.494 e. The van der Waals surface area contributed by atoms with Crippen molar-refractivity contribution in [3.63, 3.8) is 0 Å². The Balaban J connectivity index is 3.45. The number of halogens is 1. The normalized spacial score (nSPS) is 9.21. The topological polar surface area (TPSA) is 76.2 Å². The average Bonchev–Trinajstić information content (AvgIpc) is 2.17. The first kappa shape index (κ1) is 9.92. The van der Waals surface area contributed by atoms with Gasteiger partial charge in [0.05, 0.1) is 12.0 Å². The first-order valence-corrected chi connectivity index (χ1v) is 3.52. The summed E-state index contributed by atoms with van der Waals surface area (Å²) >= 11 is 0. The van der Waals surface area contributed by atoms with E-state index in [-0.39, 0.29) is 5.75 Å². The number of hydrogen-bond acceptors (Lipinski definition) is 4. The van der Waals surface area contributed by atoms with E-state index in [2.05, 4.69) is 4.74 Å². The molecule has 0 amide bonds. The number of nitro groups is 1. The SMILES string of the molecule is COc1ccc([N+](=O)[O-])c(C#N)c1F. The second-order valence-electron chi connectivity index (χ2n) is 2.34. The molecular formula is C8H5FN2O3. The zero-order valence-electron chi connectivity index (χ0n) is 7.15. The van der Waals surface area contributed by atoms with Crippen LogP contribution in [0.5, 0.6) is 5.75 Å². The zero-order valence-corrected chi connectivity index (χ0v) is 7.15. The zero-order chi connectivity index (χ0) is 10.7. The summed E-state index contributed by atoms with van der Waals surface area (Å²) in [7, 11) is 1.21. The Bertz CT molecular complexity index is 425. The third-order valence-corrected chi connectivity index (χ3v) is 1.61. The summed E-state index contributed by atoms with van der Waals surface area (Å²) in [5.74, 6) is -1.20. The molecule has 1 aromatic carbocycles. The number of rotatable bonds is 2. The minimum absolute atomic E-state index is 0.188. The molecule has 72 valence electrons. The lowest BCUT2D eigenvalue weighted by atomic mass is 10.2. The summed E-state index contributed by atoms with van der Waals surface area (Å²) in [6.45, 7) is 0. The first-order valence-electron chi connectivity index (χ1n) is 3.52. The number of benzene rings is 1. The minimum atomic E-state index is -1.01. The highest BCUT2D eigenvalue weighted by Gasteiger charge is 2.21. The molecule has 0 saturated carbocycles. The van der Waals surface area contributed by atoms with Gasteiger partial charge in [0.15, 0.2) is 17.1 Å². The molecule has 5 nitrogen and oxygen atoms in total. The van der Waals surface area contributed by atoms with Crippen molar-refractivity contribution in [3.8, 4) is 11.8 Å². The Morgan fingerprint density at radius 1 is 1.64 bits per heavy atom. The summed E-state index contributed by atoms with van der Waals surface area (Å²) in [6, 6.07) is 3.56. The van der Waals surface area contributed by atoms with Gasteiger partial charge in [-0.2, -0.15) is 5.26 Å². The van der Waals surface area contributed by atoms with Gasteiger partial charge in [-0.25, -0.2) is 4.39 Å². The summed E-state index contributed by atoms with van der Waals surface area (Å²) in [5.41, 5.74) is -1.18. The van der Waals surface area contributed by atoms with Crippen molar-refractivity contribution in [2.45, 2.75) is 0 Å². The van der Waals surface area contributed by atoms with E-state index in [1.54, 1.807) is 0 Å². The molecule has 0 saturated heterocycles. The first-order chi connectivity index (χ1) is 6.61. The molecule has 1 aromatic rings. The van der Waals surface area contributed by atoms with Crippen molar-refractivity contribution in [1.82, 2.24) is 0 Å². The smallest absolute Gasteiger partial charge is 0.290 e. The van der Waals surface area contributed by atoms with E-state index in [0.717, 1.165) is 12.1 Å². The van der Waals surface area contributed by atoms with Gasteiger partial charge in [-0.1, -0.05) is 0 Å². The number of hydrogen-bond donors (Lipinski definition) is 0. The summed E-state index contributed by atoms with van der Waals surface area (Å²) < 4.78 is 17.8. The fraction of sp³-hybridized carbons (Fsp3) is 0.125. The number of methoxy groups -OCH3 is 1. The maximum atomic E-state index is 13.2. The monoisotopic (exact) mass is 196 g/mol. The maximum Gasteiger partial charge on any atom is 0.290 e. The molecule has 0 aliphatic rings. The minimum Gasteiger partial charge on any atom is -0.494 e. The van der Waals surface area contributed by atoms with Crippen molar-refractivity contribution in [2.75, 3.05) is 7.11 Å². The van der Waals surface area contributed by atoms with Crippen molar-refractivity contribution < 1.29 is 14.1 Å². The molecule has 0 bridgehead atoms. The lowest BCUT2D eigenvalue weighted by Gasteiger charge is -2.02. The molecule has 0 unspecified atom stereocenters. The quantitative estimate of drug-likeness (QED) is 0.531. The lowest BCUT2D eigenvalue weighted by molar-refractivity contribution is -0.385. The molecule has 0 aliphatic carbocycles. The van der Waals surface area contributed by atoms with Gasteiger partial charge in [0, 0.05) is 6.07 Å². The van der Waals surface area contributed by atoms with Gasteiger partial charge >= 0.3 is 0 Å². The average molecular weight is 196 g/mol. The molecule has 6 heteroatoms. The molecule has 0 spiro atoms. The highest BCUT2D eigenvalue weighted by molar-refractivity contribution is 5.53. The summed E-state index contributed by atoms with van der Waals surface area (Å²) in [5, 5.41) is 18.9. The van der Waals surface area contributed by atoms with E-state index in [1.165, 1.54) is 13.2 Å². The molecule has 0 heterocycles. The standard InChI is InChI=1S/C8H5FN2O3/c1-14-7-3-2-6(11(12)13)5(4-10)8(7)9/h2-3H,1H3. The van der Waals surface area contributed by atoms with Crippen LogP contribution in [-0.2, 0) is 0 Å². The van der Waals surface area contributed by atoms with Crippen molar-refractivity contribution in [2.24, 2.45) is 0 Å². The third kappa shape index (κ3) is 1.47. The number of nitrogens with zero attached hydrogens (tertiary/aromatic N) is 2. The van der Waals surface area contributed by atoms with Gasteiger partial charge in [0.1, 0.15) is 6.07 Å². The molecule has 0 fully saturated rings. The van der Waals surface area contributed by atoms with Crippen molar-refractivity contribution >= 4 is 5.69 Å². The van der Waals surface area contributed by atoms with Crippen LogP contribution in [-0.4, -0.2) is 12.0 Å². The molecule has 0 N–H and O–H groups in total. The second-order valence-corrected chi connectivity index (χ2v) is 2.34. The predicted molar refractivity (Wildman–Crippen MR) is 44.3 cm³/mol. The van der Waals surface area contributed by atoms with E-state index in [0.29, 0.717) is 0 Å². The van der Waals surface area contributed by atoms with E-state index in [9.17, 15) is 14.5 Å². The van der Waals surface area contributed by atoms with E-state index in [1.807, 2.05) is 0 Å². The van der Waals surface area contributed by atoms with Gasteiger partial charge in [-0.3, -0.25) is 10.1 Å². The fourth-order valence-corrected chi connectivity index (χ4v) is 0.963. The second kappa shape index (κ2) is 3.70. The molecule has 0 atom stereocenters.